The lowest BCUT2D eigenvalue weighted by Crippen LogP contribution is -2.13. The average molecular weight is 248 g/mol. The molecule has 7 heteroatoms. The van der Waals surface area contributed by atoms with Gasteiger partial charge in [0.15, 0.2) is 5.82 Å². The number of nitrogens with zero attached hydrogens (tertiary/aromatic N) is 2. The van der Waals surface area contributed by atoms with Gasteiger partial charge in [-0.25, -0.2) is 9.89 Å². The summed E-state index contributed by atoms with van der Waals surface area (Å²) in [5.41, 5.74) is 0.144. The molecule has 0 saturated heterocycles. The summed E-state index contributed by atoms with van der Waals surface area (Å²) in [6.07, 6.45) is 1.41. The minimum atomic E-state index is -0.521. The number of methoxy groups -OCH3 is 2. The molecule has 0 aliphatic heterocycles. The molecule has 0 spiro atoms. The number of hydrogen-bond acceptors (Lipinski definition) is 6. The van der Waals surface area contributed by atoms with E-state index in [2.05, 4.69) is 20.5 Å². The van der Waals surface area contributed by atoms with Crippen molar-refractivity contribution < 1.29 is 9.47 Å². The first-order valence-electron chi connectivity index (χ1n) is 5.13. The van der Waals surface area contributed by atoms with E-state index in [-0.39, 0.29) is 0 Å². The Labute approximate surface area is 103 Å². The van der Waals surface area contributed by atoms with Crippen LogP contribution < -0.4 is 20.5 Å². The van der Waals surface area contributed by atoms with Crippen LogP contribution in [0.2, 0.25) is 0 Å². The first-order valence-corrected chi connectivity index (χ1v) is 5.13. The predicted octanol–water partition coefficient (Wildman–Crippen LogP) is 0.926. The smallest absolute Gasteiger partial charge is 0.363 e. The lowest BCUT2D eigenvalue weighted by atomic mass is 10.2. The van der Waals surface area contributed by atoms with E-state index in [0.29, 0.717) is 23.0 Å². The second kappa shape index (κ2) is 5.17. The van der Waals surface area contributed by atoms with Crippen molar-refractivity contribution in [1.82, 2.24) is 15.2 Å². The van der Waals surface area contributed by atoms with Crippen molar-refractivity contribution in [3.63, 3.8) is 0 Å². The topological polar surface area (TPSA) is 89.1 Å². The van der Waals surface area contributed by atoms with Crippen molar-refractivity contribution >= 4 is 11.5 Å². The van der Waals surface area contributed by atoms with Crippen molar-refractivity contribution in [1.29, 1.82) is 0 Å². The van der Waals surface area contributed by atoms with E-state index >= 15 is 0 Å². The van der Waals surface area contributed by atoms with Crippen LogP contribution in [-0.2, 0) is 0 Å². The van der Waals surface area contributed by atoms with Gasteiger partial charge in [0, 0.05) is 6.07 Å². The third-order valence-corrected chi connectivity index (χ3v) is 2.24. The van der Waals surface area contributed by atoms with E-state index in [4.69, 9.17) is 9.47 Å². The molecule has 2 N–H and O–H groups in total. The molecule has 0 atom stereocenters. The standard InChI is InChI=1S/C11H12N4O3/c1-17-7-3-4-8(9(5-7)18-2)13-10-6-12-15-11(16)14-10/h3-6H,1-2H3,(H2,13,14,15,16). The fraction of sp³-hybridized carbons (Fsp3) is 0.182. The highest BCUT2D eigenvalue weighted by molar-refractivity contribution is 5.65. The second-order valence-electron chi connectivity index (χ2n) is 3.36. The fourth-order valence-corrected chi connectivity index (χ4v) is 1.41. The molecule has 0 amide bonds. The van der Waals surface area contributed by atoms with Gasteiger partial charge in [-0.1, -0.05) is 0 Å². The Morgan fingerprint density at radius 1 is 1.28 bits per heavy atom. The molecule has 0 aliphatic rings. The Bertz CT molecular complexity index is 597. The molecule has 0 unspecified atom stereocenters. The highest BCUT2D eigenvalue weighted by Gasteiger charge is 2.06. The molecule has 0 radical (unpaired) electrons. The SMILES string of the molecule is COc1ccc(Nc2cn[nH]c(=O)n2)c(OC)c1. The number of aromatic amines is 1. The van der Waals surface area contributed by atoms with Gasteiger partial charge in [0.25, 0.3) is 0 Å². The number of benzene rings is 1. The van der Waals surface area contributed by atoms with E-state index in [1.165, 1.54) is 6.20 Å². The van der Waals surface area contributed by atoms with Gasteiger partial charge in [0.05, 0.1) is 26.1 Å². The van der Waals surface area contributed by atoms with Gasteiger partial charge in [-0.3, -0.25) is 0 Å². The second-order valence-corrected chi connectivity index (χ2v) is 3.36. The first-order chi connectivity index (χ1) is 8.72. The number of H-pyrrole nitrogens is 1. The minimum Gasteiger partial charge on any atom is -0.497 e. The monoisotopic (exact) mass is 248 g/mol. The minimum absolute atomic E-state index is 0.335. The summed E-state index contributed by atoms with van der Waals surface area (Å²) < 4.78 is 10.3. The van der Waals surface area contributed by atoms with E-state index < -0.39 is 5.69 Å². The van der Waals surface area contributed by atoms with Crippen molar-refractivity contribution in [2.45, 2.75) is 0 Å². The van der Waals surface area contributed by atoms with E-state index in [9.17, 15) is 4.79 Å². The average Bonchev–Trinajstić information content (AvgIpc) is 2.39. The van der Waals surface area contributed by atoms with Crippen LogP contribution >= 0.6 is 0 Å². The summed E-state index contributed by atoms with van der Waals surface area (Å²) in [6, 6.07) is 5.26. The largest absolute Gasteiger partial charge is 0.497 e. The van der Waals surface area contributed by atoms with Gasteiger partial charge < -0.3 is 14.8 Å². The first kappa shape index (κ1) is 11.9. The van der Waals surface area contributed by atoms with Crippen LogP contribution in [0.1, 0.15) is 0 Å². The van der Waals surface area contributed by atoms with E-state index in [1.54, 1.807) is 32.4 Å². The molecular formula is C11H12N4O3. The van der Waals surface area contributed by atoms with Crippen molar-refractivity contribution in [2.75, 3.05) is 19.5 Å². The number of rotatable bonds is 4. The maximum atomic E-state index is 11.0. The maximum absolute atomic E-state index is 11.0. The summed E-state index contributed by atoms with van der Waals surface area (Å²) in [6.45, 7) is 0. The van der Waals surface area contributed by atoms with Crippen LogP contribution in [0.4, 0.5) is 11.5 Å². The van der Waals surface area contributed by atoms with E-state index in [0.717, 1.165) is 0 Å². The Hall–Kier alpha value is -2.57. The molecule has 1 aromatic heterocycles. The molecule has 1 aromatic carbocycles. The van der Waals surface area contributed by atoms with Crippen LogP contribution in [0.3, 0.4) is 0 Å². The molecule has 0 bridgehead atoms. The van der Waals surface area contributed by atoms with Gasteiger partial charge in [0.1, 0.15) is 11.5 Å². The zero-order chi connectivity index (χ0) is 13.0. The number of nitrogens with one attached hydrogen (secondary N) is 2. The fourth-order valence-electron chi connectivity index (χ4n) is 1.41. The van der Waals surface area contributed by atoms with Gasteiger partial charge in [-0.05, 0) is 12.1 Å². The summed E-state index contributed by atoms with van der Waals surface area (Å²) >= 11 is 0. The lowest BCUT2D eigenvalue weighted by Gasteiger charge is -2.11. The zero-order valence-electron chi connectivity index (χ0n) is 9.93. The van der Waals surface area contributed by atoms with Crippen LogP contribution in [0.5, 0.6) is 11.5 Å². The van der Waals surface area contributed by atoms with Gasteiger partial charge in [0.2, 0.25) is 0 Å². The van der Waals surface area contributed by atoms with Gasteiger partial charge in [-0.15, -0.1) is 0 Å². The Kier molecular flexibility index (Phi) is 3.42. The summed E-state index contributed by atoms with van der Waals surface area (Å²) in [7, 11) is 3.12. The highest BCUT2D eigenvalue weighted by Crippen LogP contribution is 2.30. The molecule has 0 saturated carbocycles. The summed E-state index contributed by atoms with van der Waals surface area (Å²) in [4.78, 5) is 14.7. The maximum Gasteiger partial charge on any atom is 0.363 e. The molecule has 0 aliphatic carbocycles. The molecule has 7 nitrogen and oxygen atoms in total. The molecule has 94 valence electrons. The highest BCUT2D eigenvalue weighted by atomic mass is 16.5. The van der Waals surface area contributed by atoms with Crippen LogP contribution in [-0.4, -0.2) is 29.4 Å². The van der Waals surface area contributed by atoms with Crippen molar-refractivity contribution in [3.05, 3.63) is 34.9 Å². The van der Waals surface area contributed by atoms with E-state index in [1.807, 2.05) is 0 Å². The Morgan fingerprint density at radius 2 is 2.11 bits per heavy atom. The zero-order valence-corrected chi connectivity index (χ0v) is 9.93. The van der Waals surface area contributed by atoms with Crippen molar-refractivity contribution in [2.24, 2.45) is 0 Å². The summed E-state index contributed by atoms with van der Waals surface area (Å²) in [5, 5.41) is 8.78. The third kappa shape index (κ3) is 2.57. The molecular weight excluding hydrogens is 236 g/mol. The molecule has 2 rings (SSSR count). The third-order valence-electron chi connectivity index (χ3n) is 2.24. The molecule has 18 heavy (non-hydrogen) atoms. The summed E-state index contributed by atoms with van der Waals surface area (Å²) in [5.74, 6) is 1.59. The number of anilines is 2. The van der Waals surface area contributed by atoms with Gasteiger partial charge in [-0.2, -0.15) is 10.1 Å². The van der Waals surface area contributed by atoms with Crippen molar-refractivity contribution in [3.8, 4) is 11.5 Å². The number of ether oxygens (including phenoxy) is 2. The van der Waals surface area contributed by atoms with Gasteiger partial charge >= 0.3 is 5.69 Å². The lowest BCUT2D eigenvalue weighted by molar-refractivity contribution is 0.395. The number of hydrogen-bond donors (Lipinski definition) is 2. The normalized spacial score (nSPS) is 9.89. The molecule has 0 fully saturated rings. The molecule has 2 aromatic rings. The predicted molar refractivity (Wildman–Crippen MR) is 65.5 cm³/mol. The Morgan fingerprint density at radius 3 is 2.78 bits per heavy atom. The van der Waals surface area contributed by atoms with Crippen LogP contribution in [0.15, 0.2) is 29.2 Å². The number of aromatic nitrogens is 3. The quantitative estimate of drug-likeness (QED) is 0.836. The van der Waals surface area contributed by atoms with Crippen LogP contribution in [0, 0.1) is 0 Å². The Balaban J connectivity index is 2.31. The molecule has 1 heterocycles. The van der Waals surface area contributed by atoms with Crippen LogP contribution in [0.25, 0.3) is 0 Å².